The van der Waals surface area contributed by atoms with Crippen LogP contribution in [0.25, 0.3) is 0 Å². The predicted molar refractivity (Wildman–Crippen MR) is 134 cm³/mol. The molecule has 1 amide bonds. The summed E-state index contributed by atoms with van der Waals surface area (Å²) in [4.78, 5) is 20.7. The molecule has 2 saturated heterocycles. The molecule has 7 nitrogen and oxygen atoms in total. The highest BCUT2D eigenvalue weighted by molar-refractivity contribution is 7.15. The Bertz CT molecular complexity index is 1110. The maximum absolute atomic E-state index is 14.0. The van der Waals surface area contributed by atoms with Gasteiger partial charge >= 0.3 is 0 Å². The van der Waals surface area contributed by atoms with Gasteiger partial charge in [-0.3, -0.25) is 4.79 Å². The van der Waals surface area contributed by atoms with Crippen LogP contribution in [0.15, 0.2) is 48.5 Å². The van der Waals surface area contributed by atoms with Crippen LogP contribution >= 0.6 is 11.3 Å². The van der Waals surface area contributed by atoms with Crippen LogP contribution in [0.3, 0.4) is 0 Å². The molecular weight excluding hydrogens is 432 g/mol. The lowest BCUT2D eigenvalue weighted by Gasteiger charge is -2.41. The van der Waals surface area contributed by atoms with Gasteiger partial charge in [0.05, 0.1) is 17.3 Å². The van der Waals surface area contributed by atoms with E-state index in [0.717, 1.165) is 72.6 Å². The van der Waals surface area contributed by atoms with Crippen LogP contribution < -0.4 is 10.2 Å². The van der Waals surface area contributed by atoms with Crippen LogP contribution in [0.5, 0.6) is 0 Å². The molecule has 2 fully saturated rings. The van der Waals surface area contributed by atoms with E-state index in [2.05, 4.69) is 67.6 Å². The normalized spacial score (nSPS) is 19.2. The van der Waals surface area contributed by atoms with Crippen molar-refractivity contribution >= 4 is 33.8 Å². The van der Waals surface area contributed by atoms with Crippen LogP contribution in [0, 0.1) is 6.92 Å². The Hall–Kier alpha value is -2.97. The van der Waals surface area contributed by atoms with Crippen molar-refractivity contribution in [2.45, 2.75) is 25.8 Å². The van der Waals surface area contributed by atoms with Gasteiger partial charge in [-0.15, -0.1) is 10.2 Å². The van der Waals surface area contributed by atoms with Crippen LogP contribution in [0.4, 0.5) is 16.5 Å². The number of hydrogen-bond donors (Lipinski definition) is 1. The molecule has 1 atom stereocenters. The molecular formula is C25H30N6OS. The first-order valence-electron chi connectivity index (χ1n) is 11.6. The summed E-state index contributed by atoms with van der Waals surface area (Å²) >= 11 is 1.53. The fourth-order valence-corrected chi connectivity index (χ4v) is 5.37. The third-order valence-electron chi connectivity index (χ3n) is 6.48. The van der Waals surface area contributed by atoms with Crippen molar-refractivity contribution < 1.29 is 4.79 Å². The molecule has 0 aliphatic carbocycles. The van der Waals surface area contributed by atoms with Crippen molar-refractivity contribution in [3.8, 4) is 0 Å². The van der Waals surface area contributed by atoms with Crippen LogP contribution in [-0.4, -0.2) is 65.7 Å². The first-order chi connectivity index (χ1) is 16.1. The second kappa shape index (κ2) is 9.49. The summed E-state index contributed by atoms with van der Waals surface area (Å²) in [5.74, 6) is 0.108. The monoisotopic (exact) mass is 462 g/mol. The number of aryl methyl sites for hydroxylation is 1. The van der Waals surface area contributed by atoms with Gasteiger partial charge in [0.1, 0.15) is 5.01 Å². The van der Waals surface area contributed by atoms with Crippen molar-refractivity contribution in [3.63, 3.8) is 0 Å². The van der Waals surface area contributed by atoms with E-state index >= 15 is 0 Å². The summed E-state index contributed by atoms with van der Waals surface area (Å²) in [5, 5.41) is 13.3. The first kappa shape index (κ1) is 21.9. The summed E-state index contributed by atoms with van der Waals surface area (Å²) in [7, 11) is 2.13. The highest BCUT2D eigenvalue weighted by Gasteiger charge is 2.32. The number of carbonyl (C=O) groups is 1. The highest BCUT2D eigenvalue weighted by Crippen LogP contribution is 2.34. The van der Waals surface area contributed by atoms with Crippen molar-refractivity contribution in [3.05, 3.63) is 64.7 Å². The molecule has 8 heteroatoms. The fourth-order valence-electron chi connectivity index (χ4n) is 4.76. The minimum atomic E-state index is 0.0473. The Labute approximate surface area is 199 Å². The molecule has 0 bridgehead atoms. The van der Waals surface area contributed by atoms with Gasteiger partial charge in [-0.1, -0.05) is 41.7 Å². The molecule has 2 aliphatic heterocycles. The number of carbonyl (C=O) groups excluding carboxylic acids is 1. The molecule has 3 aromatic rings. The van der Waals surface area contributed by atoms with E-state index in [1.165, 1.54) is 16.9 Å². The molecule has 33 heavy (non-hydrogen) atoms. The quantitative estimate of drug-likeness (QED) is 0.609. The number of anilines is 3. The lowest BCUT2D eigenvalue weighted by atomic mass is 10.0. The summed E-state index contributed by atoms with van der Waals surface area (Å²) in [6, 6.07) is 16.5. The Morgan fingerprint density at radius 1 is 1.03 bits per heavy atom. The molecule has 0 radical (unpaired) electrons. The number of aromatic nitrogens is 2. The standard InChI is InChI=1S/C25H30N6OS/c1-18-27-28-25(33-18)26-20-10-11-21(22(16-20)30-12-6-7-13-30)24(32)31-15-14-29(2)17-23(31)19-8-4-3-5-9-19/h3-5,8-11,16,23H,6-7,12-15,17H2,1-2H3,(H,26,28). The summed E-state index contributed by atoms with van der Waals surface area (Å²) < 4.78 is 0. The summed E-state index contributed by atoms with van der Waals surface area (Å²) in [6.07, 6.45) is 2.31. The first-order valence-corrected chi connectivity index (χ1v) is 12.4. The van der Waals surface area contributed by atoms with E-state index in [4.69, 9.17) is 0 Å². The third-order valence-corrected chi connectivity index (χ3v) is 7.23. The SMILES string of the molecule is Cc1nnc(Nc2ccc(C(=O)N3CCN(C)CC3c3ccccc3)c(N3CCCC3)c2)s1. The van der Waals surface area contributed by atoms with Crippen LogP contribution in [0.2, 0.25) is 0 Å². The molecule has 5 rings (SSSR count). The number of amides is 1. The van der Waals surface area contributed by atoms with Gasteiger partial charge in [0, 0.05) is 38.4 Å². The average molecular weight is 463 g/mol. The molecule has 172 valence electrons. The second-order valence-electron chi connectivity index (χ2n) is 8.86. The molecule has 1 unspecified atom stereocenters. The maximum atomic E-state index is 14.0. The lowest BCUT2D eigenvalue weighted by molar-refractivity contribution is 0.0498. The lowest BCUT2D eigenvalue weighted by Crippen LogP contribution is -2.49. The minimum Gasteiger partial charge on any atom is -0.371 e. The summed E-state index contributed by atoms with van der Waals surface area (Å²) in [6.45, 7) is 6.34. The Morgan fingerprint density at radius 2 is 1.82 bits per heavy atom. The van der Waals surface area contributed by atoms with E-state index in [1.54, 1.807) is 0 Å². The number of benzene rings is 2. The maximum Gasteiger partial charge on any atom is 0.256 e. The number of likely N-dealkylation sites (N-methyl/N-ethyl adjacent to an activating group) is 1. The molecule has 3 heterocycles. The zero-order valence-electron chi connectivity index (χ0n) is 19.2. The predicted octanol–water partition coefficient (Wildman–Crippen LogP) is 4.32. The van der Waals surface area contributed by atoms with Gasteiger partial charge in [0.2, 0.25) is 5.13 Å². The van der Waals surface area contributed by atoms with E-state index in [-0.39, 0.29) is 11.9 Å². The van der Waals surface area contributed by atoms with Gasteiger partial charge in [-0.25, -0.2) is 0 Å². The average Bonchev–Trinajstić information content (AvgIpc) is 3.51. The van der Waals surface area contributed by atoms with Gasteiger partial charge < -0.3 is 20.0 Å². The van der Waals surface area contributed by atoms with Crippen molar-refractivity contribution in [1.29, 1.82) is 0 Å². The number of rotatable bonds is 5. The van der Waals surface area contributed by atoms with Gasteiger partial charge in [0.15, 0.2) is 0 Å². The Balaban J connectivity index is 1.48. The minimum absolute atomic E-state index is 0.0473. The zero-order valence-corrected chi connectivity index (χ0v) is 20.0. The smallest absolute Gasteiger partial charge is 0.256 e. The van der Waals surface area contributed by atoms with E-state index in [9.17, 15) is 4.79 Å². The molecule has 1 aromatic heterocycles. The van der Waals surface area contributed by atoms with E-state index in [1.807, 2.05) is 25.1 Å². The zero-order chi connectivity index (χ0) is 22.8. The van der Waals surface area contributed by atoms with Gasteiger partial charge in [0.25, 0.3) is 5.91 Å². The molecule has 2 aliphatic rings. The van der Waals surface area contributed by atoms with Crippen molar-refractivity contribution in [2.75, 3.05) is 50.0 Å². The number of hydrogen-bond acceptors (Lipinski definition) is 7. The second-order valence-corrected chi connectivity index (χ2v) is 10.0. The number of piperazine rings is 1. The van der Waals surface area contributed by atoms with Gasteiger partial charge in [-0.2, -0.15) is 0 Å². The number of nitrogens with zero attached hydrogens (tertiary/aromatic N) is 5. The molecule has 0 saturated carbocycles. The van der Waals surface area contributed by atoms with E-state index < -0.39 is 0 Å². The third kappa shape index (κ3) is 4.72. The fraction of sp³-hybridized carbons (Fsp3) is 0.400. The highest BCUT2D eigenvalue weighted by atomic mass is 32.1. The molecule has 1 N–H and O–H groups in total. The Kier molecular flexibility index (Phi) is 6.28. The van der Waals surface area contributed by atoms with Crippen molar-refractivity contribution in [1.82, 2.24) is 20.0 Å². The topological polar surface area (TPSA) is 64.6 Å². The van der Waals surface area contributed by atoms with Crippen LogP contribution in [0.1, 0.15) is 39.8 Å². The van der Waals surface area contributed by atoms with Gasteiger partial charge in [-0.05, 0) is 50.6 Å². The number of nitrogens with one attached hydrogen (secondary N) is 1. The molecule has 0 spiro atoms. The summed E-state index contributed by atoms with van der Waals surface area (Å²) in [5.41, 5.74) is 3.91. The largest absolute Gasteiger partial charge is 0.371 e. The van der Waals surface area contributed by atoms with Crippen LogP contribution in [-0.2, 0) is 0 Å². The molecule has 2 aromatic carbocycles. The van der Waals surface area contributed by atoms with Crippen molar-refractivity contribution in [2.24, 2.45) is 0 Å². The Morgan fingerprint density at radius 3 is 2.55 bits per heavy atom. The van der Waals surface area contributed by atoms with E-state index in [0.29, 0.717) is 0 Å².